The van der Waals surface area contributed by atoms with Crippen LogP contribution in [0.2, 0.25) is 0 Å². The van der Waals surface area contributed by atoms with Crippen LogP contribution in [0.4, 0.5) is 9.59 Å². The number of alkyl carbamates (subject to hydrolysis) is 1. The summed E-state index contributed by atoms with van der Waals surface area (Å²) < 4.78 is 10.9. The molecular weight excluding hydrogens is 672 g/mol. The van der Waals surface area contributed by atoms with Crippen molar-refractivity contribution in [2.24, 2.45) is 0 Å². The standard InChI is InChI=1S/C42H46N4O7/c47-38(36(28-32-16-5-1-6-17-32)44-39(48)35-22-11-4-12-23-35)29-45(26-14-13-25-43-41(50)53-31-34-20-9-3-10-21-34)42(51)46-27-15-24-37(46)40(49)52-30-33-18-7-2-8-19-33/h1-12,16-23,36-37H,13-15,24-31H2,(H,43,50)(H,44,48)/t36?,37-/m0/s1. The molecule has 0 saturated carbocycles. The maximum absolute atomic E-state index is 14.2. The number of likely N-dealkylation sites (tertiary alicyclic amines) is 1. The number of hydrogen-bond donors (Lipinski definition) is 2. The lowest BCUT2D eigenvalue weighted by atomic mass is 10.0. The van der Waals surface area contributed by atoms with Crippen LogP contribution in [0.1, 0.15) is 52.7 Å². The van der Waals surface area contributed by atoms with E-state index in [1.807, 2.05) is 91.0 Å². The maximum Gasteiger partial charge on any atom is 0.407 e. The zero-order chi connectivity index (χ0) is 37.3. The molecule has 11 nitrogen and oxygen atoms in total. The number of ether oxygens (including phenoxy) is 2. The normalized spacial score (nSPS) is 14.1. The Balaban J connectivity index is 1.25. The van der Waals surface area contributed by atoms with Crippen LogP contribution in [0.3, 0.4) is 0 Å². The summed E-state index contributed by atoms with van der Waals surface area (Å²) in [5, 5.41) is 5.63. The van der Waals surface area contributed by atoms with Gasteiger partial charge in [-0.15, -0.1) is 0 Å². The summed E-state index contributed by atoms with van der Waals surface area (Å²) in [6.07, 6.45) is 1.68. The van der Waals surface area contributed by atoms with E-state index in [2.05, 4.69) is 10.6 Å². The number of benzene rings is 4. The number of carbonyl (C=O) groups excluding carboxylic acids is 5. The number of carbonyl (C=O) groups is 5. The Labute approximate surface area is 310 Å². The molecule has 1 aliphatic heterocycles. The van der Waals surface area contributed by atoms with E-state index in [1.165, 1.54) is 9.80 Å². The van der Waals surface area contributed by atoms with Gasteiger partial charge in [-0.3, -0.25) is 9.59 Å². The number of nitrogens with zero attached hydrogens (tertiary/aromatic N) is 2. The van der Waals surface area contributed by atoms with Gasteiger partial charge in [-0.05, 0) is 60.9 Å². The summed E-state index contributed by atoms with van der Waals surface area (Å²) in [5.41, 5.74) is 2.97. The number of hydrogen-bond acceptors (Lipinski definition) is 7. The van der Waals surface area contributed by atoms with Crippen molar-refractivity contribution < 1.29 is 33.4 Å². The Hall–Kier alpha value is -5.97. The topological polar surface area (TPSA) is 134 Å². The molecule has 276 valence electrons. The van der Waals surface area contributed by atoms with Crippen LogP contribution >= 0.6 is 0 Å². The van der Waals surface area contributed by atoms with Gasteiger partial charge in [-0.2, -0.15) is 0 Å². The molecule has 4 amide bonds. The first-order valence-corrected chi connectivity index (χ1v) is 18.0. The van der Waals surface area contributed by atoms with E-state index in [4.69, 9.17) is 9.47 Å². The lowest BCUT2D eigenvalue weighted by molar-refractivity contribution is -0.149. The van der Waals surface area contributed by atoms with E-state index in [0.29, 0.717) is 44.3 Å². The number of urea groups is 1. The van der Waals surface area contributed by atoms with Crippen LogP contribution in [0, 0.1) is 0 Å². The molecule has 0 aliphatic carbocycles. The first-order chi connectivity index (χ1) is 25.9. The van der Waals surface area contributed by atoms with Crippen molar-refractivity contribution >= 4 is 29.8 Å². The van der Waals surface area contributed by atoms with Gasteiger partial charge >= 0.3 is 18.1 Å². The number of ketones is 1. The fraction of sp³-hybridized carbons (Fsp3) is 0.310. The molecule has 0 radical (unpaired) electrons. The second kappa shape index (κ2) is 20.2. The average molecular weight is 719 g/mol. The summed E-state index contributed by atoms with van der Waals surface area (Å²) >= 11 is 0. The van der Waals surface area contributed by atoms with Crippen LogP contribution in [-0.4, -0.2) is 77.8 Å². The Morgan fingerprint density at radius 2 is 1.28 bits per heavy atom. The molecule has 11 heteroatoms. The van der Waals surface area contributed by atoms with E-state index in [-0.39, 0.29) is 38.5 Å². The second-order valence-electron chi connectivity index (χ2n) is 12.9. The molecule has 4 aromatic carbocycles. The number of rotatable bonds is 17. The van der Waals surface area contributed by atoms with Crippen molar-refractivity contribution in [3.63, 3.8) is 0 Å². The molecule has 0 spiro atoms. The van der Waals surface area contributed by atoms with Gasteiger partial charge in [0.1, 0.15) is 19.3 Å². The smallest absolute Gasteiger partial charge is 0.407 e. The van der Waals surface area contributed by atoms with Gasteiger partial charge < -0.3 is 29.9 Å². The molecule has 1 fully saturated rings. The molecule has 0 bridgehead atoms. The molecule has 5 rings (SSSR count). The molecule has 1 saturated heterocycles. The minimum absolute atomic E-state index is 0.0868. The first kappa shape index (κ1) is 38.3. The molecule has 4 aromatic rings. The highest BCUT2D eigenvalue weighted by atomic mass is 16.5. The maximum atomic E-state index is 14.2. The quantitative estimate of drug-likeness (QED) is 0.102. The minimum atomic E-state index is -0.924. The van der Waals surface area contributed by atoms with Crippen molar-refractivity contribution in [3.8, 4) is 0 Å². The highest BCUT2D eigenvalue weighted by molar-refractivity contribution is 5.99. The van der Waals surface area contributed by atoms with Crippen LogP contribution in [0.15, 0.2) is 121 Å². The first-order valence-electron chi connectivity index (χ1n) is 18.0. The molecule has 53 heavy (non-hydrogen) atoms. The summed E-state index contributed by atoms with van der Waals surface area (Å²) in [6, 6.07) is 34.5. The fourth-order valence-electron chi connectivity index (χ4n) is 6.11. The SMILES string of the molecule is O=C(NCCCCN(CC(=O)C(Cc1ccccc1)NC(=O)c1ccccc1)C(=O)N1CCC[C@H]1C(=O)OCc1ccccc1)OCc1ccccc1. The lowest BCUT2D eigenvalue weighted by Gasteiger charge is -2.31. The van der Waals surface area contributed by atoms with E-state index >= 15 is 0 Å². The number of nitrogens with one attached hydrogen (secondary N) is 2. The summed E-state index contributed by atoms with van der Waals surface area (Å²) in [4.78, 5) is 70.0. The monoisotopic (exact) mass is 718 g/mol. The van der Waals surface area contributed by atoms with Crippen LogP contribution in [0.5, 0.6) is 0 Å². The molecular formula is C42H46N4O7. The Bertz CT molecular complexity index is 1770. The van der Waals surface area contributed by atoms with Gasteiger partial charge in [0.2, 0.25) is 0 Å². The number of unbranched alkanes of at least 4 members (excludes halogenated alkanes) is 1. The van der Waals surface area contributed by atoms with E-state index in [0.717, 1.165) is 16.7 Å². The van der Waals surface area contributed by atoms with Gasteiger partial charge in [-0.25, -0.2) is 14.4 Å². The average Bonchev–Trinajstić information content (AvgIpc) is 3.70. The third-order valence-electron chi connectivity index (χ3n) is 8.96. The predicted octanol–water partition coefficient (Wildman–Crippen LogP) is 5.93. The third kappa shape index (κ3) is 12.1. The highest BCUT2D eigenvalue weighted by Gasteiger charge is 2.38. The summed E-state index contributed by atoms with van der Waals surface area (Å²) in [6.45, 7) is 0.752. The van der Waals surface area contributed by atoms with Crippen molar-refractivity contribution in [3.05, 3.63) is 144 Å². The minimum Gasteiger partial charge on any atom is -0.459 e. The molecule has 2 atom stereocenters. The summed E-state index contributed by atoms with van der Waals surface area (Å²) in [7, 11) is 0. The largest absolute Gasteiger partial charge is 0.459 e. The number of Topliss-reactive ketones (excluding diaryl/α,β-unsaturated/α-hetero) is 1. The van der Waals surface area contributed by atoms with Gasteiger partial charge in [0.25, 0.3) is 5.91 Å². The molecule has 1 heterocycles. The molecule has 1 aliphatic rings. The van der Waals surface area contributed by atoms with E-state index in [1.54, 1.807) is 30.3 Å². The Morgan fingerprint density at radius 1 is 0.717 bits per heavy atom. The van der Waals surface area contributed by atoms with Gasteiger partial charge in [-0.1, -0.05) is 109 Å². The number of esters is 1. The van der Waals surface area contributed by atoms with Crippen molar-refractivity contribution in [2.45, 2.75) is 57.4 Å². The van der Waals surface area contributed by atoms with Crippen molar-refractivity contribution in [1.29, 1.82) is 0 Å². The van der Waals surface area contributed by atoms with Crippen LogP contribution in [0.25, 0.3) is 0 Å². The molecule has 1 unspecified atom stereocenters. The second-order valence-corrected chi connectivity index (χ2v) is 12.9. The van der Waals surface area contributed by atoms with Crippen molar-refractivity contribution in [1.82, 2.24) is 20.4 Å². The number of amides is 4. The van der Waals surface area contributed by atoms with Gasteiger partial charge in [0.15, 0.2) is 5.78 Å². The van der Waals surface area contributed by atoms with Crippen LogP contribution in [-0.2, 0) is 38.7 Å². The van der Waals surface area contributed by atoms with Gasteiger partial charge in [0.05, 0.1) is 12.6 Å². The van der Waals surface area contributed by atoms with Crippen LogP contribution < -0.4 is 10.6 Å². The zero-order valence-electron chi connectivity index (χ0n) is 29.7. The Morgan fingerprint density at radius 3 is 1.91 bits per heavy atom. The fourth-order valence-corrected chi connectivity index (χ4v) is 6.11. The lowest BCUT2D eigenvalue weighted by Crippen LogP contribution is -2.53. The third-order valence-corrected chi connectivity index (χ3v) is 8.96. The van der Waals surface area contributed by atoms with E-state index in [9.17, 15) is 24.0 Å². The highest BCUT2D eigenvalue weighted by Crippen LogP contribution is 2.22. The van der Waals surface area contributed by atoms with Gasteiger partial charge in [0, 0.05) is 25.2 Å². The zero-order valence-corrected chi connectivity index (χ0v) is 29.7. The van der Waals surface area contributed by atoms with Crippen molar-refractivity contribution in [2.75, 3.05) is 26.2 Å². The predicted molar refractivity (Wildman–Crippen MR) is 200 cm³/mol. The molecule has 2 N–H and O–H groups in total. The Kier molecular flexibility index (Phi) is 14.6. The summed E-state index contributed by atoms with van der Waals surface area (Å²) in [5.74, 6) is -1.25. The van der Waals surface area contributed by atoms with E-state index < -0.39 is 36.1 Å². The molecule has 0 aromatic heterocycles.